The molecule has 0 aliphatic carbocycles. The van der Waals surface area contributed by atoms with Gasteiger partial charge >= 0.3 is 0 Å². The minimum absolute atomic E-state index is 0.0728. The lowest BCUT2D eigenvalue weighted by Gasteiger charge is -2.31. The van der Waals surface area contributed by atoms with E-state index in [0.29, 0.717) is 4.90 Å². The van der Waals surface area contributed by atoms with Gasteiger partial charge in [0.25, 0.3) is 0 Å². The fourth-order valence-electron chi connectivity index (χ4n) is 1.85. The van der Waals surface area contributed by atoms with Crippen molar-refractivity contribution in [1.29, 1.82) is 0 Å². The van der Waals surface area contributed by atoms with E-state index >= 15 is 0 Å². The highest BCUT2D eigenvalue weighted by Crippen LogP contribution is 2.29. The third-order valence-corrected chi connectivity index (χ3v) is 5.62. The van der Waals surface area contributed by atoms with E-state index in [1.165, 1.54) is 4.31 Å². The molecule has 0 radical (unpaired) electrons. The molecule has 0 amide bonds. The van der Waals surface area contributed by atoms with E-state index in [1.807, 2.05) is 41.5 Å². The highest BCUT2D eigenvalue weighted by Gasteiger charge is 2.31. The Morgan fingerprint density at radius 3 is 1.73 bits per heavy atom. The van der Waals surface area contributed by atoms with Crippen LogP contribution in [0.1, 0.15) is 66.5 Å². The number of hydrogen-bond donors (Lipinski definition) is 0. The Balaban J connectivity index is 0.00000211. The highest BCUT2D eigenvalue weighted by atomic mass is 32.2. The molecule has 1 rings (SSSR count). The molecule has 1 aromatic rings. The second kappa shape index (κ2) is 7.14. The summed E-state index contributed by atoms with van der Waals surface area (Å²) in [7, 11) is -1.84. The number of nitrogens with zero attached hydrogens (tertiary/aromatic N) is 1. The molecule has 0 N–H and O–H groups in total. The third-order valence-electron chi connectivity index (χ3n) is 3.52. The van der Waals surface area contributed by atoms with E-state index in [1.54, 1.807) is 19.2 Å². The Labute approximate surface area is 137 Å². The van der Waals surface area contributed by atoms with Crippen molar-refractivity contribution in [1.82, 2.24) is 4.31 Å². The van der Waals surface area contributed by atoms with Crippen molar-refractivity contribution in [2.75, 3.05) is 7.05 Å². The maximum Gasteiger partial charge on any atom is 0.243 e. The van der Waals surface area contributed by atoms with Gasteiger partial charge in [0.2, 0.25) is 10.0 Å². The van der Waals surface area contributed by atoms with Crippen LogP contribution in [0.3, 0.4) is 0 Å². The minimum Gasteiger partial charge on any atom is -0.207 e. The molecule has 0 unspecified atom stereocenters. The number of aryl methyl sites for hydroxylation is 1. The van der Waals surface area contributed by atoms with Crippen molar-refractivity contribution < 1.29 is 8.42 Å². The van der Waals surface area contributed by atoms with Crippen LogP contribution in [0.2, 0.25) is 0 Å². The molecule has 0 aliphatic rings. The lowest BCUT2D eigenvalue weighted by atomic mass is 9.86. The van der Waals surface area contributed by atoms with Crippen LogP contribution in [-0.4, -0.2) is 25.3 Å². The summed E-state index contributed by atoms with van der Waals surface area (Å²) >= 11 is 0. The molecule has 0 saturated heterocycles. The fourth-order valence-corrected chi connectivity index (χ4v) is 3.50. The second-order valence-corrected chi connectivity index (χ2v) is 9.40. The summed E-state index contributed by atoms with van der Waals surface area (Å²) in [5.41, 5.74) is 1.50. The second-order valence-electron chi connectivity index (χ2n) is 7.43. The summed E-state index contributed by atoms with van der Waals surface area (Å²) in [6.07, 6.45) is 0. The summed E-state index contributed by atoms with van der Waals surface area (Å²) in [4.78, 5) is 0.375. The predicted octanol–water partition coefficient (Wildman–Crippen LogP) is 4.74. The zero-order chi connectivity index (χ0) is 17.9. The van der Waals surface area contributed by atoms with E-state index in [9.17, 15) is 8.42 Å². The quantitative estimate of drug-likeness (QED) is 0.787. The summed E-state index contributed by atoms with van der Waals surface area (Å²) in [6.45, 7) is 17.9. The molecule has 0 saturated carbocycles. The van der Waals surface area contributed by atoms with Gasteiger partial charge in [-0.05, 0) is 56.4 Å². The summed E-state index contributed by atoms with van der Waals surface area (Å²) in [5, 5.41) is 0. The zero-order valence-electron chi connectivity index (χ0n) is 15.9. The van der Waals surface area contributed by atoms with Crippen LogP contribution in [0.15, 0.2) is 23.1 Å². The first-order valence-corrected chi connectivity index (χ1v) is 9.31. The van der Waals surface area contributed by atoms with Gasteiger partial charge in [-0.2, -0.15) is 4.31 Å². The number of rotatable bonds is 2. The lowest BCUT2D eigenvalue weighted by Crippen LogP contribution is -2.42. The van der Waals surface area contributed by atoms with Gasteiger partial charge in [0.1, 0.15) is 0 Å². The lowest BCUT2D eigenvalue weighted by molar-refractivity contribution is 0.291. The zero-order valence-corrected chi connectivity index (χ0v) is 16.7. The van der Waals surface area contributed by atoms with E-state index in [2.05, 4.69) is 26.8 Å². The van der Waals surface area contributed by atoms with E-state index < -0.39 is 15.6 Å². The average Bonchev–Trinajstić information content (AvgIpc) is 2.37. The van der Waals surface area contributed by atoms with Crippen molar-refractivity contribution >= 4 is 10.0 Å². The molecule has 0 bridgehead atoms. The Morgan fingerprint density at radius 1 is 0.909 bits per heavy atom. The Bertz CT molecular complexity index is 590. The maximum absolute atomic E-state index is 12.7. The molecular formula is C18H33NO2S. The van der Waals surface area contributed by atoms with Gasteiger partial charge in [0.15, 0.2) is 0 Å². The molecule has 4 heteroatoms. The first kappa shape index (κ1) is 21.1. The predicted molar refractivity (Wildman–Crippen MR) is 95.9 cm³/mol. The SMILES string of the molecule is CC.Cc1cc(C(C)(C)C)cc(S(=O)(=O)N(C)C(C)(C)C)c1. The van der Waals surface area contributed by atoms with Gasteiger partial charge in [-0.3, -0.25) is 0 Å². The summed E-state index contributed by atoms with van der Waals surface area (Å²) in [5.74, 6) is 0. The molecule has 0 fully saturated rings. The van der Waals surface area contributed by atoms with E-state index in [-0.39, 0.29) is 5.41 Å². The summed E-state index contributed by atoms with van der Waals surface area (Å²) < 4.78 is 26.9. The molecule has 0 aromatic heterocycles. The van der Waals surface area contributed by atoms with Gasteiger partial charge in [-0.25, -0.2) is 8.42 Å². The molecule has 0 heterocycles. The van der Waals surface area contributed by atoms with Crippen molar-refractivity contribution in [3.8, 4) is 0 Å². The Hall–Kier alpha value is -0.870. The van der Waals surface area contributed by atoms with Gasteiger partial charge in [-0.1, -0.05) is 40.7 Å². The molecule has 0 atom stereocenters. The van der Waals surface area contributed by atoms with Gasteiger partial charge in [0, 0.05) is 12.6 Å². The van der Waals surface area contributed by atoms with Gasteiger partial charge in [0.05, 0.1) is 4.90 Å². The monoisotopic (exact) mass is 327 g/mol. The van der Waals surface area contributed by atoms with Crippen LogP contribution < -0.4 is 0 Å². The van der Waals surface area contributed by atoms with Crippen LogP contribution >= 0.6 is 0 Å². The minimum atomic E-state index is -3.47. The highest BCUT2D eigenvalue weighted by molar-refractivity contribution is 7.89. The number of sulfonamides is 1. The molecule has 3 nitrogen and oxygen atoms in total. The molecule has 128 valence electrons. The van der Waals surface area contributed by atoms with Gasteiger partial charge < -0.3 is 0 Å². The fraction of sp³-hybridized carbons (Fsp3) is 0.667. The van der Waals surface area contributed by atoms with Crippen LogP contribution in [0, 0.1) is 6.92 Å². The molecule has 0 aliphatic heterocycles. The molecule has 22 heavy (non-hydrogen) atoms. The van der Waals surface area contributed by atoms with Crippen LogP contribution in [-0.2, 0) is 15.4 Å². The number of benzene rings is 1. The molecule has 1 aromatic carbocycles. The number of hydrogen-bond acceptors (Lipinski definition) is 2. The average molecular weight is 328 g/mol. The van der Waals surface area contributed by atoms with Gasteiger partial charge in [-0.15, -0.1) is 0 Å². The van der Waals surface area contributed by atoms with Crippen molar-refractivity contribution in [3.05, 3.63) is 29.3 Å². The normalized spacial score (nSPS) is 12.9. The molecule has 0 spiro atoms. The van der Waals surface area contributed by atoms with E-state index in [4.69, 9.17) is 0 Å². The first-order valence-electron chi connectivity index (χ1n) is 7.87. The summed E-state index contributed by atoms with van der Waals surface area (Å²) in [6, 6.07) is 5.59. The van der Waals surface area contributed by atoms with Crippen LogP contribution in [0.5, 0.6) is 0 Å². The largest absolute Gasteiger partial charge is 0.243 e. The van der Waals surface area contributed by atoms with Crippen molar-refractivity contribution in [2.24, 2.45) is 0 Å². The first-order chi connectivity index (χ1) is 9.76. The van der Waals surface area contributed by atoms with Crippen molar-refractivity contribution in [2.45, 2.75) is 78.2 Å². The third kappa shape index (κ3) is 5.10. The molecular weight excluding hydrogens is 294 g/mol. The van der Waals surface area contributed by atoms with Crippen LogP contribution in [0.25, 0.3) is 0 Å². The van der Waals surface area contributed by atoms with Crippen molar-refractivity contribution in [3.63, 3.8) is 0 Å². The Morgan fingerprint density at radius 2 is 1.36 bits per heavy atom. The Kier molecular flexibility index (Phi) is 6.85. The van der Waals surface area contributed by atoms with Crippen LogP contribution in [0.4, 0.5) is 0 Å². The topological polar surface area (TPSA) is 37.4 Å². The standard InChI is InChI=1S/C16H27NO2S.C2H6/c1-12-9-13(15(2,3)4)11-14(10-12)20(18,19)17(8)16(5,6)7;1-2/h9-11H,1-8H3;1-2H3. The maximum atomic E-state index is 12.7. The van der Waals surface area contributed by atoms with E-state index in [0.717, 1.165) is 11.1 Å². The smallest absolute Gasteiger partial charge is 0.207 e.